The summed E-state index contributed by atoms with van der Waals surface area (Å²) in [7, 11) is -1.96. The summed E-state index contributed by atoms with van der Waals surface area (Å²) in [6, 6.07) is 6.57. The number of aryl methyl sites for hydroxylation is 1. The standard InChI is InChI=1S/C15H25NO4S/c1-3-5-14(12-20-2)16-21(18,19)15-9-7-13(8-10-15)6-4-11-17/h7-10,14,16-17H,3-6,11-12H2,1-2H3. The Morgan fingerprint density at radius 1 is 1.29 bits per heavy atom. The highest BCUT2D eigenvalue weighted by molar-refractivity contribution is 7.89. The summed E-state index contributed by atoms with van der Waals surface area (Å²) in [5.41, 5.74) is 1.02. The predicted octanol–water partition coefficient (Wildman–Crippen LogP) is 1.70. The summed E-state index contributed by atoms with van der Waals surface area (Å²) >= 11 is 0. The fraction of sp³-hybridized carbons (Fsp3) is 0.600. The second-order valence-electron chi connectivity index (χ2n) is 5.03. The number of hydrogen-bond donors (Lipinski definition) is 2. The molecule has 0 radical (unpaired) electrons. The normalized spacial score (nSPS) is 13.3. The molecule has 1 atom stereocenters. The van der Waals surface area contributed by atoms with Crippen LogP contribution in [0.25, 0.3) is 0 Å². The van der Waals surface area contributed by atoms with Crippen LogP contribution in [0.4, 0.5) is 0 Å². The zero-order chi connectivity index (χ0) is 15.7. The molecule has 0 aliphatic carbocycles. The van der Waals surface area contributed by atoms with E-state index in [1.807, 2.05) is 6.92 Å². The van der Waals surface area contributed by atoms with Gasteiger partial charge in [0.05, 0.1) is 11.5 Å². The number of aliphatic hydroxyl groups excluding tert-OH is 1. The van der Waals surface area contributed by atoms with Crippen LogP contribution >= 0.6 is 0 Å². The van der Waals surface area contributed by atoms with Gasteiger partial charge in [0, 0.05) is 19.8 Å². The van der Waals surface area contributed by atoms with Crippen molar-refractivity contribution in [2.75, 3.05) is 20.3 Å². The molecule has 1 rings (SSSR count). The third-order valence-corrected chi connectivity index (χ3v) is 4.72. The van der Waals surface area contributed by atoms with E-state index in [0.717, 1.165) is 24.8 Å². The molecule has 5 nitrogen and oxygen atoms in total. The molecule has 120 valence electrons. The van der Waals surface area contributed by atoms with Crippen molar-refractivity contribution in [2.45, 2.75) is 43.5 Å². The van der Waals surface area contributed by atoms with E-state index in [2.05, 4.69) is 4.72 Å². The molecule has 0 heterocycles. The summed E-state index contributed by atoms with van der Waals surface area (Å²) in [6.45, 7) is 2.51. The molecule has 1 aromatic rings. The molecule has 0 aliphatic rings. The highest BCUT2D eigenvalue weighted by Gasteiger charge is 2.19. The minimum atomic E-state index is -3.52. The van der Waals surface area contributed by atoms with E-state index in [1.54, 1.807) is 31.4 Å². The fourth-order valence-corrected chi connectivity index (χ4v) is 3.39. The molecular weight excluding hydrogens is 290 g/mol. The number of ether oxygens (including phenoxy) is 1. The first-order valence-corrected chi connectivity index (χ1v) is 8.73. The van der Waals surface area contributed by atoms with E-state index >= 15 is 0 Å². The largest absolute Gasteiger partial charge is 0.396 e. The van der Waals surface area contributed by atoms with Crippen molar-refractivity contribution >= 4 is 10.0 Å². The van der Waals surface area contributed by atoms with Crippen LogP contribution in [0.5, 0.6) is 0 Å². The molecule has 0 amide bonds. The van der Waals surface area contributed by atoms with Gasteiger partial charge in [0.2, 0.25) is 10.0 Å². The number of aliphatic hydroxyl groups is 1. The molecule has 0 saturated heterocycles. The van der Waals surface area contributed by atoms with E-state index in [1.165, 1.54) is 0 Å². The molecule has 0 aliphatic heterocycles. The quantitative estimate of drug-likeness (QED) is 0.689. The lowest BCUT2D eigenvalue weighted by Crippen LogP contribution is -2.37. The Morgan fingerprint density at radius 2 is 1.95 bits per heavy atom. The van der Waals surface area contributed by atoms with Crippen molar-refractivity contribution in [2.24, 2.45) is 0 Å². The van der Waals surface area contributed by atoms with Gasteiger partial charge in [0.1, 0.15) is 0 Å². The van der Waals surface area contributed by atoms with Crippen LogP contribution < -0.4 is 4.72 Å². The van der Waals surface area contributed by atoms with Crippen LogP contribution in [-0.2, 0) is 21.2 Å². The number of methoxy groups -OCH3 is 1. The third kappa shape index (κ3) is 6.13. The highest BCUT2D eigenvalue weighted by atomic mass is 32.2. The Labute approximate surface area is 127 Å². The molecule has 0 bridgehead atoms. The first-order valence-electron chi connectivity index (χ1n) is 7.24. The van der Waals surface area contributed by atoms with Crippen molar-refractivity contribution in [3.63, 3.8) is 0 Å². The van der Waals surface area contributed by atoms with Crippen LogP contribution in [-0.4, -0.2) is 39.9 Å². The van der Waals surface area contributed by atoms with E-state index < -0.39 is 10.0 Å². The Hall–Kier alpha value is -0.950. The van der Waals surface area contributed by atoms with Crippen LogP contribution in [0.3, 0.4) is 0 Å². The van der Waals surface area contributed by atoms with Crippen molar-refractivity contribution in [3.05, 3.63) is 29.8 Å². The average molecular weight is 315 g/mol. The maximum Gasteiger partial charge on any atom is 0.240 e. The van der Waals surface area contributed by atoms with Gasteiger partial charge in [-0.25, -0.2) is 13.1 Å². The molecule has 0 fully saturated rings. The Balaban J connectivity index is 2.76. The van der Waals surface area contributed by atoms with Gasteiger partial charge in [-0.1, -0.05) is 25.5 Å². The fourth-order valence-electron chi connectivity index (χ4n) is 2.13. The monoisotopic (exact) mass is 315 g/mol. The van der Waals surface area contributed by atoms with Crippen molar-refractivity contribution in [3.8, 4) is 0 Å². The predicted molar refractivity (Wildman–Crippen MR) is 82.7 cm³/mol. The summed E-state index contributed by atoms with van der Waals surface area (Å²) in [4.78, 5) is 0.257. The summed E-state index contributed by atoms with van der Waals surface area (Å²) in [5, 5.41) is 8.79. The lowest BCUT2D eigenvalue weighted by Gasteiger charge is -2.17. The van der Waals surface area contributed by atoms with E-state index in [-0.39, 0.29) is 17.5 Å². The van der Waals surface area contributed by atoms with Crippen molar-refractivity contribution < 1.29 is 18.3 Å². The zero-order valence-corrected chi connectivity index (χ0v) is 13.5. The maximum atomic E-state index is 12.3. The van der Waals surface area contributed by atoms with Gasteiger partial charge in [0.25, 0.3) is 0 Å². The van der Waals surface area contributed by atoms with Crippen LogP contribution in [0.15, 0.2) is 29.2 Å². The molecular formula is C15H25NO4S. The van der Waals surface area contributed by atoms with Gasteiger partial charge in [0.15, 0.2) is 0 Å². The minimum absolute atomic E-state index is 0.136. The molecule has 2 N–H and O–H groups in total. The average Bonchev–Trinajstić information content (AvgIpc) is 2.46. The van der Waals surface area contributed by atoms with Crippen LogP contribution in [0, 0.1) is 0 Å². The molecule has 0 spiro atoms. The Kier molecular flexibility index (Phi) is 7.88. The SMILES string of the molecule is CCCC(COC)NS(=O)(=O)c1ccc(CCCO)cc1. The number of benzene rings is 1. The van der Waals surface area contributed by atoms with Gasteiger partial charge in [-0.3, -0.25) is 0 Å². The van der Waals surface area contributed by atoms with E-state index in [0.29, 0.717) is 13.0 Å². The summed E-state index contributed by atoms with van der Waals surface area (Å²) in [5.74, 6) is 0. The van der Waals surface area contributed by atoms with Gasteiger partial charge >= 0.3 is 0 Å². The van der Waals surface area contributed by atoms with E-state index in [9.17, 15) is 8.42 Å². The highest BCUT2D eigenvalue weighted by Crippen LogP contribution is 2.13. The zero-order valence-electron chi connectivity index (χ0n) is 12.7. The lowest BCUT2D eigenvalue weighted by atomic mass is 10.1. The van der Waals surface area contributed by atoms with Crippen molar-refractivity contribution in [1.82, 2.24) is 4.72 Å². The molecule has 21 heavy (non-hydrogen) atoms. The van der Waals surface area contributed by atoms with Crippen LogP contribution in [0.2, 0.25) is 0 Å². The van der Waals surface area contributed by atoms with Gasteiger partial charge in [-0.05, 0) is 37.0 Å². The smallest absolute Gasteiger partial charge is 0.240 e. The first kappa shape index (κ1) is 18.1. The second-order valence-corrected chi connectivity index (χ2v) is 6.75. The topological polar surface area (TPSA) is 75.6 Å². The molecule has 1 aromatic carbocycles. The molecule has 0 saturated carbocycles. The summed E-state index contributed by atoms with van der Waals surface area (Å²) < 4.78 is 32.4. The molecule has 1 unspecified atom stereocenters. The Bertz CT molecular complexity index is 493. The first-order chi connectivity index (χ1) is 10.0. The maximum absolute atomic E-state index is 12.3. The minimum Gasteiger partial charge on any atom is -0.396 e. The van der Waals surface area contributed by atoms with Gasteiger partial charge in [-0.2, -0.15) is 0 Å². The number of sulfonamides is 1. The second kappa shape index (κ2) is 9.15. The van der Waals surface area contributed by atoms with Gasteiger partial charge in [-0.15, -0.1) is 0 Å². The molecule has 0 aromatic heterocycles. The number of nitrogens with one attached hydrogen (secondary N) is 1. The number of rotatable bonds is 10. The van der Waals surface area contributed by atoms with E-state index in [4.69, 9.17) is 9.84 Å². The number of hydrogen-bond acceptors (Lipinski definition) is 4. The molecule has 6 heteroatoms. The van der Waals surface area contributed by atoms with Crippen LogP contribution in [0.1, 0.15) is 31.7 Å². The van der Waals surface area contributed by atoms with Crippen molar-refractivity contribution in [1.29, 1.82) is 0 Å². The third-order valence-electron chi connectivity index (χ3n) is 3.18. The van der Waals surface area contributed by atoms with Gasteiger partial charge < -0.3 is 9.84 Å². The lowest BCUT2D eigenvalue weighted by molar-refractivity contribution is 0.171. The summed E-state index contributed by atoms with van der Waals surface area (Å²) in [6.07, 6.45) is 3.04. The Morgan fingerprint density at radius 3 is 2.48 bits per heavy atom.